The Morgan fingerprint density at radius 1 is 1.04 bits per heavy atom. The summed E-state index contributed by atoms with van der Waals surface area (Å²) in [5.41, 5.74) is -0.251. The van der Waals surface area contributed by atoms with Gasteiger partial charge in [-0.2, -0.15) is 18.0 Å². The number of rotatable bonds is 5. The lowest BCUT2D eigenvalue weighted by molar-refractivity contribution is 0.147. The van der Waals surface area contributed by atoms with E-state index in [0.717, 1.165) is 4.79 Å². The Kier molecular flexibility index (Phi) is 4.38. The van der Waals surface area contributed by atoms with E-state index in [-0.39, 0.29) is 15.8 Å². The van der Waals surface area contributed by atoms with Crippen molar-refractivity contribution < 1.29 is 21.9 Å². The molecule has 0 aliphatic heterocycles. The van der Waals surface area contributed by atoms with Crippen molar-refractivity contribution >= 4 is 31.7 Å². The van der Waals surface area contributed by atoms with Gasteiger partial charge in [0.1, 0.15) is 17.0 Å². The van der Waals surface area contributed by atoms with Gasteiger partial charge in [-0.15, -0.1) is 5.10 Å². The fourth-order valence-corrected chi connectivity index (χ4v) is 4.04. The van der Waals surface area contributed by atoms with Crippen LogP contribution in [0.25, 0.3) is 21.7 Å². The summed E-state index contributed by atoms with van der Waals surface area (Å²) in [4.78, 5) is 3.18. The third-order valence-electron chi connectivity index (χ3n) is 4.36. The number of nitrogens with zero attached hydrogens (tertiary/aromatic N) is 2. The molecule has 9 heteroatoms. The molecular weight excluding hydrogens is 388 g/mol. The average molecular weight is 403 g/mol. The number of hydrogen-bond acceptors (Lipinski definition) is 4. The van der Waals surface area contributed by atoms with E-state index in [0.29, 0.717) is 16.5 Å². The highest BCUT2D eigenvalue weighted by Gasteiger charge is 2.23. The Bertz CT molecular complexity index is 1270. The molecule has 1 aromatic heterocycles. The summed E-state index contributed by atoms with van der Waals surface area (Å²) >= 11 is 0. The van der Waals surface area contributed by atoms with Gasteiger partial charge in [0, 0.05) is 10.8 Å². The molecule has 144 valence electrons. The summed E-state index contributed by atoms with van der Waals surface area (Å²) in [6.45, 7) is 0. The van der Waals surface area contributed by atoms with Crippen molar-refractivity contribution in [1.82, 2.24) is 9.89 Å². The second-order valence-corrected chi connectivity index (χ2v) is 7.72. The predicted octanol–water partition coefficient (Wildman–Crippen LogP) is 4.07. The number of fused-ring (bicyclic) bond motifs is 3. The Morgan fingerprint density at radius 3 is 2.43 bits per heavy atom. The normalized spacial score (nSPS) is 12.0. The summed E-state index contributed by atoms with van der Waals surface area (Å²) in [5.74, 6) is 0.594. The number of benzene rings is 3. The molecule has 0 saturated heterocycles. The van der Waals surface area contributed by atoms with Crippen LogP contribution in [0.1, 0.15) is 12.1 Å². The fraction of sp³-hybridized carbons (Fsp3) is 0.105. The van der Waals surface area contributed by atoms with Crippen LogP contribution in [0.5, 0.6) is 5.75 Å². The average Bonchev–Trinajstić information content (AvgIpc) is 3.06. The maximum Gasteiger partial charge on any atom is 0.282 e. The lowest BCUT2D eigenvalue weighted by atomic mass is 10.1. The number of methoxy groups -OCH3 is 1. The van der Waals surface area contributed by atoms with Gasteiger partial charge < -0.3 is 4.74 Å². The quantitative estimate of drug-likeness (QED) is 0.545. The van der Waals surface area contributed by atoms with E-state index >= 15 is 0 Å². The van der Waals surface area contributed by atoms with Gasteiger partial charge in [0.15, 0.2) is 0 Å². The van der Waals surface area contributed by atoms with Crippen LogP contribution in [-0.2, 0) is 10.0 Å². The minimum atomic E-state index is -4.02. The molecule has 0 spiro atoms. The van der Waals surface area contributed by atoms with E-state index in [4.69, 9.17) is 4.74 Å². The predicted molar refractivity (Wildman–Crippen MR) is 102 cm³/mol. The Labute approximate surface area is 159 Å². The van der Waals surface area contributed by atoms with Crippen molar-refractivity contribution in [1.29, 1.82) is 0 Å². The summed E-state index contributed by atoms with van der Waals surface area (Å²) in [7, 11) is -2.50. The van der Waals surface area contributed by atoms with Crippen molar-refractivity contribution in [2.24, 2.45) is 0 Å². The lowest BCUT2D eigenvalue weighted by Gasteiger charge is -2.10. The van der Waals surface area contributed by atoms with Crippen molar-refractivity contribution in [3.63, 3.8) is 0 Å². The Balaban J connectivity index is 1.95. The van der Waals surface area contributed by atoms with Crippen molar-refractivity contribution in [2.45, 2.75) is 11.3 Å². The molecule has 3 aromatic carbocycles. The molecule has 0 radical (unpaired) electrons. The zero-order valence-corrected chi connectivity index (χ0v) is 15.5. The third kappa shape index (κ3) is 3.03. The maximum absolute atomic E-state index is 13.5. The molecule has 6 nitrogen and oxygen atoms in total. The van der Waals surface area contributed by atoms with Crippen LogP contribution in [0.3, 0.4) is 0 Å². The van der Waals surface area contributed by atoms with E-state index in [2.05, 4.69) is 9.93 Å². The largest absolute Gasteiger partial charge is 0.497 e. The van der Waals surface area contributed by atoms with Crippen molar-refractivity contribution in [3.05, 3.63) is 66.4 Å². The first-order chi connectivity index (χ1) is 13.4. The van der Waals surface area contributed by atoms with Gasteiger partial charge in [-0.1, -0.05) is 24.3 Å². The van der Waals surface area contributed by atoms with Gasteiger partial charge in [-0.25, -0.2) is 8.78 Å². The molecule has 0 aliphatic rings. The highest BCUT2D eigenvalue weighted by Crippen LogP contribution is 2.33. The SMILES string of the molecule is COc1ccc2c(ccc3c(C(F)F)nn(NS(=O)(=O)c4ccccc4)c32)c1. The van der Waals surface area contributed by atoms with Crippen LogP contribution in [0.15, 0.2) is 65.6 Å². The monoisotopic (exact) mass is 403 g/mol. The molecule has 1 N–H and O–H groups in total. The zero-order chi connectivity index (χ0) is 19.9. The Morgan fingerprint density at radius 2 is 1.75 bits per heavy atom. The van der Waals surface area contributed by atoms with Gasteiger partial charge in [0.25, 0.3) is 16.4 Å². The van der Waals surface area contributed by atoms with Crippen LogP contribution in [-0.4, -0.2) is 25.4 Å². The van der Waals surface area contributed by atoms with Crippen LogP contribution in [0.4, 0.5) is 8.78 Å². The molecule has 0 amide bonds. The topological polar surface area (TPSA) is 73.2 Å². The minimum Gasteiger partial charge on any atom is -0.497 e. The first kappa shape index (κ1) is 18.2. The van der Waals surface area contributed by atoms with Crippen LogP contribution < -0.4 is 9.57 Å². The van der Waals surface area contributed by atoms with Crippen LogP contribution in [0.2, 0.25) is 0 Å². The highest BCUT2D eigenvalue weighted by atomic mass is 32.2. The van der Waals surface area contributed by atoms with Crippen LogP contribution in [0, 0.1) is 0 Å². The number of hydrogen-bond donors (Lipinski definition) is 1. The van der Waals surface area contributed by atoms with E-state index in [1.165, 1.54) is 25.3 Å². The standard InChI is InChI=1S/C19H15F2N3O3S/c1-27-13-8-10-15-12(11-13)7-9-16-17(19(20)21)22-24(18(15)16)23-28(25,26)14-5-3-2-4-6-14/h2-11,19,23H,1H3. The molecule has 0 atom stereocenters. The maximum atomic E-state index is 13.5. The molecule has 28 heavy (non-hydrogen) atoms. The first-order valence-electron chi connectivity index (χ1n) is 8.26. The minimum absolute atomic E-state index is 0.000784. The third-order valence-corrected chi connectivity index (χ3v) is 5.67. The summed E-state index contributed by atoms with van der Waals surface area (Å²) in [6, 6.07) is 15.9. The van der Waals surface area contributed by atoms with Gasteiger partial charge in [-0.05, 0) is 41.8 Å². The first-order valence-corrected chi connectivity index (χ1v) is 9.74. The number of nitrogens with one attached hydrogen (secondary N) is 1. The Hall–Kier alpha value is -3.20. The molecule has 0 bridgehead atoms. The molecule has 0 aliphatic carbocycles. The molecule has 0 unspecified atom stereocenters. The van der Waals surface area contributed by atoms with E-state index in [1.54, 1.807) is 42.5 Å². The fourth-order valence-electron chi connectivity index (χ4n) is 3.06. The van der Waals surface area contributed by atoms with Gasteiger partial charge in [0.2, 0.25) is 0 Å². The second kappa shape index (κ2) is 6.75. The highest BCUT2D eigenvalue weighted by molar-refractivity contribution is 7.92. The number of halogens is 2. The smallest absolute Gasteiger partial charge is 0.282 e. The molecule has 0 saturated carbocycles. The zero-order valence-electron chi connectivity index (χ0n) is 14.6. The van der Waals surface area contributed by atoms with Gasteiger partial charge in [0.05, 0.1) is 12.0 Å². The number of ether oxygens (including phenoxy) is 1. The van der Waals surface area contributed by atoms with Gasteiger partial charge >= 0.3 is 0 Å². The summed E-state index contributed by atoms with van der Waals surface area (Å²) in [6.07, 6.45) is -2.86. The lowest BCUT2D eigenvalue weighted by Crippen LogP contribution is -2.24. The molecule has 4 rings (SSSR count). The molecule has 1 heterocycles. The second-order valence-electron chi connectivity index (χ2n) is 6.05. The summed E-state index contributed by atoms with van der Waals surface area (Å²) in [5, 5.41) is 5.27. The van der Waals surface area contributed by atoms with Crippen molar-refractivity contribution in [2.75, 3.05) is 11.9 Å². The van der Waals surface area contributed by atoms with Crippen molar-refractivity contribution in [3.8, 4) is 5.75 Å². The molecule has 0 fully saturated rings. The van der Waals surface area contributed by atoms with E-state index < -0.39 is 22.1 Å². The number of alkyl halides is 2. The van der Waals surface area contributed by atoms with Crippen LogP contribution >= 0.6 is 0 Å². The van der Waals surface area contributed by atoms with E-state index in [1.807, 2.05) is 0 Å². The molecule has 4 aromatic rings. The number of sulfonamides is 1. The van der Waals surface area contributed by atoms with E-state index in [9.17, 15) is 17.2 Å². The summed E-state index contributed by atoms with van der Waals surface area (Å²) < 4.78 is 57.6. The molecular formula is C19H15F2N3O3S. The van der Waals surface area contributed by atoms with Gasteiger partial charge in [-0.3, -0.25) is 0 Å². The number of aromatic nitrogens is 2.